The fraction of sp³-hybridized carbons (Fsp3) is 0.130. The molecular weight excluding hydrogens is 487 g/mol. The van der Waals surface area contributed by atoms with Gasteiger partial charge in [-0.25, -0.2) is 13.6 Å². The van der Waals surface area contributed by atoms with E-state index in [2.05, 4.69) is 15.0 Å². The van der Waals surface area contributed by atoms with E-state index in [0.717, 1.165) is 12.1 Å². The Hall–Kier alpha value is -3.90. The highest BCUT2D eigenvalue weighted by molar-refractivity contribution is 7.89. The molecule has 3 N–H and O–H groups in total. The highest BCUT2D eigenvalue weighted by Gasteiger charge is 2.40. The second kappa shape index (κ2) is 9.04. The van der Waals surface area contributed by atoms with Crippen LogP contribution in [-0.2, 0) is 14.8 Å². The van der Waals surface area contributed by atoms with E-state index in [1.165, 1.54) is 36.4 Å². The van der Waals surface area contributed by atoms with Crippen molar-refractivity contribution < 1.29 is 35.9 Å². The maximum absolute atomic E-state index is 13.4. The van der Waals surface area contributed by atoms with Gasteiger partial charge >= 0.3 is 6.36 Å². The average molecular weight is 505 g/mol. The van der Waals surface area contributed by atoms with Crippen molar-refractivity contribution in [1.29, 1.82) is 0 Å². The van der Waals surface area contributed by atoms with E-state index in [1.807, 2.05) is 0 Å². The second-order valence-electron chi connectivity index (χ2n) is 7.56. The molecule has 12 heteroatoms. The minimum Gasteiger partial charge on any atom is -0.471 e. The van der Waals surface area contributed by atoms with Gasteiger partial charge in [-0.3, -0.25) is 9.79 Å². The molecule has 3 aromatic carbocycles. The predicted octanol–water partition coefficient (Wildman–Crippen LogP) is 2.10. The van der Waals surface area contributed by atoms with Crippen LogP contribution in [0.1, 0.15) is 0 Å². The van der Waals surface area contributed by atoms with E-state index in [4.69, 9.17) is 9.88 Å². The minimum atomic E-state index is -4.85. The zero-order valence-electron chi connectivity index (χ0n) is 17.8. The molecular formula is C23H18F3N3O5S. The molecule has 0 bridgehead atoms. The first kappa shape index (κ1) is 24.2. The number of primary sulfonamides is 1. The average Bonchev–Trinajstić information content (AvgIpc) is 2.79. The predicted molar refractivity (Wildman–Crippen MR) is 119 cm³/mol. The molecule has 0 fully saturated rings. The van der Waals surface area contributed by atoms with Crippen LogP contribution in [0, 0.1) is 0 Å². The fourth-order valence-electron chi connectivity index (χ4n) is 3.41. The summed E-state index contributed by atoms with van der Waals surface area (Å²) in [6.07, 6.45) is -3.30. The number of fused-ring (bicyclic) bond motifs is 1. The highest BCUT2D eigenvalue weighted by atomic mass is 32.2. The zero-order chi connectivity index (χ0) is 25.3. The maximum atomic E-state index is 13.4. The van der Waals surface area contributed by atoms with Crippen molar-refractivity contribution in [2.24, 2.45) is 10.1 Å². The summed E-state index contributed by atoms with van der Waals surface area (Å²) in [7, 11) is -4.01. The summed E-state index contributed by atoms with van der Waals surface area (Å²) in [5.41, 5.74) is -1.55. The van der Waals surface area contributed by atoms with Crippen LogP contribution >= 0.6 is 0 Å². The van der Waals surface area contributed by atoms with E-state index < -0.39 is 33.6 Å². The molecule has 182 valence electrons. The number of alkyl halides is 3. The monoisotopic (exact) mass is 505 g/mol. The molecule has 1 heterocycles. The van der Waals surface area contributed by atoms with Crippen LogP contribution in [0.3, 0.4) is 0 Å². The first-order chi connectivity index (χ1) is 16.4. The van der Waals surface area contributed by atoms with Gasteiger partial charge in [0, 0.05) is 10.9 Å². The van der Waals surface area contributed by atoms with Gasteiger partial charge in [0.15, 0.2) is 0 Å². The Kier molecular flexibility index (Phi) is 6.26. The Balaban J connectivity index is 1.68. The number of hydrogen-bond donors (Lipinski definition) is 2. The summed E-state index contributed by atoms with van der Waals surface area (Å²) in [6, 6.07) is 16.9. The van der Waals surface area contributed by atoms with Crippen molar-refractivity contribution in [1.82, 2.24) is 0 Å². The number of sulfonamides is 1. The molecule has 1 amide bonds. The Labute approximate surface area is 197 Å². The van der Waals surface area contributed by atoms with Crippen molar-refractivity contribution in [3.63, 3.8) is 0 Å². The third kappa shape index (κ3) is 5.78. The smallest absolute Gasteiger partial charge is 0.471 e. The molecule has 4 rings (SSSR count). The number of nitrogens with two attached hydrogens (primary N) is 1. The molecule has 0 saturated heterocycles. The van der Waals surface area contributed by atoms with Gasteiger partial charge in [-0.2, -0.15) is 0 Å². The number of para-hydroxylation sites is 1. The molecule has 0 spiro atoms. The molecule has 1 atom stereocenters. The first-order valence-corrected chi connectivity index (χ1v) is 11.6. The fourth-order valence-corrected chi connectivity index (χ4v) is 3.97. The van der Waals surface area contributed by atoms with Crippen LogP contribution in [-0.4, -0.2) is 32.8 Å². The summed E-state index contributed by atoms with van der Waals surface area (Å²) in [5, 5.41) is 9.00. The van der Waals surface area contributed by atoms with Gasteiger partial charge < -0.3 is 14.8 Å². The van der Waals surface area contributed by atoms with Crippen LogP contribution in [0.4, 0.5) is 18.9 Å². The first-order valence-electron chi connectivity index (χ1n) is 10.1. The molecule has 35 heavy (non-hydrogen) atoms. The lowest BCUT2D eigenvalue weighted by molar-refractivity contribution is -0.274. The minimum absolute atomic E-state index is 0.0822. The van der Waals surface area contributed by atoms with E-state index in [-0.39, 0.29) is 22.9 Å². The molecule has 1 aliphatic heterocycles. The number of benzene rings is 3. The van der Waals surface area contributed by atoms with Gasteiger partial charge in [-0.1, -0.05) is 24.3 Å². The van der Waals surface area contributed by atoms with Gasteiger partial charge in [0.05, 0.1) is 16.8 Å². The van der Waals surface area contributed by atoms with E-state index in [1.54, 1.807) is 30.3 Å². The van der Waals surface area contributed by atoms with E-state index in [0.29, 0.717) is 10.6 Å². The normalized spacial score (nSPS) is 17.4. The number of nitrogens with zero attached hydrogens (tertiary/aromatic N) is 1. The van der Waals surface area contributed by atoms with Crippen LogP contribution in [0.5, 0.6) is 11.5 Å². The number of carbonyl (C=O) groups is 1. The number of ether oxygens (including phenoxy) is 2. The molecule has 1 aliphatic rings. The lowest BCUT2D eigenvalue weighted by atomic mass is 9.97. The van der Waals surface area contributed by atoms with Crippen LogP contribution in [0.25, 0.3) is 6.08 Å². The molecule has 0 aromatic heterocycles. The summed E-state index contributed by atoms with van der Waals surface area (Å²) < 4.78 is 70.6. The maximum Gasteiger partial charge on any atom is 0.573 e. The lowest BCUT2D eigenvalue weighted by Gasteiger charge is -2.30. The molecule has 0 aliphatic carbocycles. The van der Waals surface area contributed by atoms with Crippen molar-refractivity contribution in [2.75, 3.05) is 11.9 Å². The molecule has 3 aromatic rings. The number of carbonyl (C=O) groups excluding carboxylic acids is 1. The third-order valence-corrected chi connectivity index (χ3v) is 5.88. The van der Waals surface area contributed by atoms with Gasteiger partial charge in [0.25, 0.3) is 5.91 Å². The van der Waals surface area contributed by atoms with E-state index >= 15 is 0 Å². The van der Waals surface area contributed by atoms with Crippen LogP contribution in [0.15, 0.2) is 82.7 Å². The highest BCUT2D eigenvalue weighted by Crippen LogP contribution is 2.28. The number of amides is 1. The van der Waals surface area contributed by atoms with Crippen LogP contribution < -0.4 is 30.5 Å². The molecule has 0 radical (unpaired) electrons. The number of hydrogen-bond acceptors (Lipinski definition) is 6. The Morgan fingerprint density at radius 1 is 1.00 bits per heavy atom. The summed E-state index contributed by atoms with van der Waals surface area (Å²) in [6.45, 7) is -0.147. The van der Waals surface area contributed by atoms with Crippen molar-refractivity contribution in [3.05, 3.63) is 83.4 Å². The Morgan fingerprint density at radius 2 is 1.69 bits per heavy atom. The summed E-state index contributed by atoms with van der Waals surface area (Å²) in [5.74, 6) is -1.05. The summed E-state index contributed by atoms with van der Waals surface area (Å²) >= 11 is 0. The Morgan fingerprint density at radius 3 is 2.37 bits per heavy atom. The van der Waals surface area contributed by atoms with Crippen molar-refractivity contribution in [2.45, 2.75) is 16.9 Å². The van der Waals surface area contributed by atoms with Gasteiger partial charge in [-0.05, 0) is 54.6 Å². The van der Waals surface area contributed by atoms with Crippen molar-refractivity contribution in [3.8, 4) is 11.5 Å². The van der Waals surface area contributed by atoms with Gasteiger partial charge in [0.2, 0.25) is 15.6 Å². The third-order valence-electron chi connectivity index (χ3n) is 4.97. The van der Waals surface area contributed by atoms with Gasteiger partial charge in [-0.15, -0.1) is 13.2 Å². The number of rotatable bonds is 6. The quantitative estimate of drug-likeness (QED) is 0.532. The lowest BCUT2D eigenvalue weighted by Crippen LogP contribution is -2.53. The van der Waals surface area contributed by atoms with Crippen LogP contribution in [0.2, 0.25) is 0 Å². The largest absolute Gasteiger partial charge is 0.573 e. The number of anilines is 1. The Bertz CT molecular complexity index is 1490. The van der Waals surface area contributed by atoms with Gasteiger partial charge in [0.1, 0.15) is 11.5 Å². The number of halogens is 3. The zero-order valence-corrected chi connectivity index (χ0v) is 18.6. The SMILES string of the molecule is NS(=O)(=O)c1cccc(NC(=O)C2(Oc3ccc(OC(F)(F)F)cc3)C=c3ccccc3=NC2)c1. The molecule has 8 nitrogen and oxygen atoms in total. The van der Waals surface area contributed by atoms with E-state index in [9.17, 15) is 26.4 Å². The molecule has 0 saturated carbocycles. The number of nitrogens with one attached hydrogen (secondary N) is 1. The second-order valence-corrected chi connectivity index (χ2v) is 9.12. The topological polar surface area (TPSA) is 120 Å². The summed E-state index contributed by atoms with van der Waals surface area (Å²) in [4.78, 5) is 17.7. The van der Waals surface area contributed by atoms with Crippen molar-refractivity contribution >= 4 is 27.7 Å². The standard InChI is InChI=1S/C23H18F3N3O5S/c24-23(25,26)34-18-10-8-17(9-11-18)33-22(13-15-4-1-2-7-20(15)28-14-22)21(30)29-16-5-3-6-19(12-16)35(27,31)32/h1-13H,14H2,(H,29,30)(H2,27,31,32). The molecule has 1 unspecified atom stereocenters.